The van der Waals surface area contributed by atoms with Crippen LogP contribution in [0.5, 0.6) is 5.75 Å². The third-order valence-electron chi connectivity index (χ3n) is 4.81. The molecule has 0 radical (unpaired) electrons. The molecule has 1 aliphatic carbocycles. The van der Waals surface area contributed by atoms with Gasteiger partial charge in [0.1, 0.15) is 5.75 Å². The van der Waals surface area contributed by atoms with Crippen molar-refractivity contribution >= 4 is 16.7 Å². The van der Waals surface area contributed by atoms with E-state index in [0.29, 0.717) is 6.04 Å². The van der Waals surface area contributed by atoms with Crippen LogP contribution in [0.15, 0.2) is 36.4 Å². The number of carbonyl (C=O) groups is 1. The molecule has 122 valence electrons. The van der Waals surface area contributed by atoms with Gasteiger partial charge in [0.15, 0.2) is 0 Å². The van der Waals surface area contributed by atoms with Gasteiger partial charge >= 0.3 is 5.97 Å². The van der Waals surface area contributed by atoms with Gasteiger partial charge in [-0.3, -0.25) is 4.79 Å². The van der Waals surface area contributed by atoms with Crippen LogP contribution in [0.3, 0.4) is 0 Å². The topological polar surface area (TPSA) is 58.6 Å². The molecule has 2 N–H and O–H groups in total. The van der Waals surface area contributed by atoms with Crippen LogP contribution in [0.1, 0.15) is 31.2 Å². The lowest BCUT2D eigenvalue weighted by Gasteiger charge is -2.27. The number of nitrogens with one attached hydrogen (secondary N) is 1. The molecule has 1 aliphatic rings. The molecule has 0 bridgehead atoms. The maximum atomic E-state index is 11.0. The molecule has 0 aromatic heterocycles. The van der Waals surface area contributed by atoms with E-state index in [9.17, 15) is 4.79 Å². The predicted molar refractivity (Wildman–Crippen MR) is 90.7 cm³/mol. The molecular formula is C19H23NO3. The zero-order valence-electron chi connectivity index (χ0n) is 13.4. The van der Waals surface area contributed by atoms with E-state index in [0.717, 1.165) is 43.5 Å². The quantitative estimate of drug-likeness (QED) is 0.886. The maximum absolute atomic E-state index is 11.0. The molecule has 1 saturated carbocycles. The van der Waals surface area contributed by atoms with Crippen LogP contribution in [0.4, 0.5) is 0 Å². The smallest absolute Gasteiger partial charge is 0.306 e. The van der Waals surface area contributed by atoms with E-state index in [1.165, 1.54) is 10.8 Å². The molecule has 1 fully saturated rings. The second kappa shape index (κ2) is 7.01. The zero-order valence-corrected chi connectivity index (χ0v) is 13.4. The summed E-state index contributed by atoms with van der Waals surface area (Å²) in [6.45, 7) is 0.746. The standard InChI is InChI=1S/C19H23NO3/c1-23-18-11-15-5-3-2-4-14(15)10-16(18)12-20-17-8-6-13(7-9-17)19(21)22/h2-5,10-11,13,17,20H,6-9,12H2,1H3,(H,21,22). The summed E-state index contributed by atoms with van der Waals surface area (Å²) >= 11 is 0. The van der Waals surface area contributed by atoms with Crippen molar-refractivity contribution < 1.29 is 14.6 Å². The Balaban J connectivity index is 1.66. The van der Waals surface area contributed by atoms with Gasteiger partial charge < -0.3 is 15.2 Å². The Morgan fingerprint density at radius 3 is 2.43 bits per heavy atom. The van der Waals surface area contributed by atoms with Crippen LogP contribution >= 0.6 is 0 Å². The van der Waals surface area contributed by atoms with Crippen LogP contribution in [0.25, 0.3) is 10.8 Å². The summed E-state index contributed by atoms with van der Waals surface area (Å²) < 4.78 is 5.52. The number of fused-ring (bicyclic) bond motifs is 1. The monoisotopic (exact) mass is 313 g/mol. The summed E-state index contributed by atoms with van der Waals surface area (Å²) in [6, 6.07) is 12.9. The lowest BCUT2D eigenvalue weighted by Crippen LogP contribution is -2.34. The van der Waals surface area contributed by atoms with Crippen LogP contribution in [0.2, 0.25) is 0 Å². The number of methoxy groups -OCH3 is 1. The number of ether oxygens (including phenoxy) is 1. The maximum Gasteiger partial charge on any atom is 0.306 e. The molecular weight excluding hydrogens is 290 g/mol. The molecule has 0 heterocycles. The minimum Gasteiger partial charge on any atom is -0.496 e. The molecule has 4 heteroatoms. The van der Waals surface area contributed by atoms with Crippen LogP contribution < -0.4 is 10.1 Å². The Morgan fingerprint density at radius 1 is 1.17 bits per heavy atom. The summed E-state index contributed by atoms with van der Waals surface area (Å²) in [5.74, 6) is 0.0818. The fourth-order valence-electron chi connectivity index (χ4n) is 3.39. The first kappa shape index (κ1) is 15.8. The highest BCUT2D eigenvalue weighted by molar-refractivity contribution is 5.85. The van der Waals surface area contributed by atoms with E-state index in [4.69, 9.17) is 9.84 Å². The minimum absolute atomic E-state index is 0.164. The van der Waals surface area contributed by atoms with Crippen molar-refractivity contribution in [1.82, 2.24) is 5.32 Å². The molecule has 23 heavy (non-hydrogen) atoms. The van der Waals surface area contributed by atoms with Crippen molar-refractivity contribution in [2.75, 3.05) is 7.11 Å². The van der Waals surface area contributed by atoms with Gasteiger partial charge in [-0.15, -0.1) is 0 Å². The first-order valence-electron chi connectivity index (χ1n) is 8.19. The Morgan fingerprint density at radius 2 is 1.83 bits per heavy atom. The first-order valence-corrected chi connectivity index (χ1v) is 8.19. The number of hydrogen-bond acceptors (Lipinski definition) is 3. The fraction of sp³-hybridized carbons (Fsp3) is 0.421. The van der Waals surface area contributed by atoms with Gasteiger partial charge in [0.25, 0.3) is 0 Å². The van der Waals surface area contributed by atoms with E-state index in [-0.39, 0.29) is 5.92 Å². The average molecular weight is 313 g/mol. The number of carboxylic acids is 1. The second-order valence-electron chi connectivity index (χ2n) is 6.28. The number of rotatable bonds is 5. The molecule has 0 atom stereocenters. The molecule has 4 nitrogen and oxygen atoms in total. The van der Waals surface area contributed by atoms with Crippen molar-refractivity contribution in [3.8, 4) is 5.75 Å². The molecule has 3 rings (SSSR count). The Hall–Kier alpha value is -2.07. The van der Waals surface area contributed by atoms with E-state index >= 15 is 0 Å². The Labute approximate surface area is 136 Å². The van der Waals surface area contributed by atoms with Gasteiger partial charge in [0.2, 0.25) is 0 Å². The van der Waals surface area contributed by atoms with Crippen molar-refractivity contribution in [2.45, 2.75) is 38.3 Å². The molecule has 0 unspecified atom stereocenters. The Kier molecular flexibility index (Phi) is 4.82. The predicted octanol–water partition coefficient (Wildman–Crippen LogP) is 3.58. The third kappa shape index (κ3) is 3.64. The van der Waals surface area contributed by atoms with Gasteiger partial charge in [-0.1, -0.05) is 24.3 Å². The minimum atomic E-state index is -0.653. The summed E-state index contributed by atoms with van der Waals surface area (Å²) in [7, 11) is 1.70. The van der Waals surface area contributed by atoms with Crippen molar-refractivity contribution in [1.29, 1.82) is 0 Å². The van der Waals surface area contributed by atoms with Gasteiger partial charge in [-0.2, -0.15) is 0 Å². The first-order chi connectivity index (χ1) is 11.2. The summed E-state index contributed by atoms with van der Waals surface area (Å²) in [5, 5.41) is 15.0. The highest BCUT2D eigenvalue weighted by atomic mass is 16.5. The second-order valence-corrected chi connectivity index (χ2v) is 6.28. The molecule has 0 amide bonds. The van der Waals surface area contributed by atoms with Gasteiger partial charge in [0, 0.05) is 18.2 Å². The number of benzene rings is 2. The number of hydrogen-bond donors (Lipinski definition) is 2. The van der Waals surface area contributed by atoms with Crippen molar-refractivity contribution in [3.05, 3.63) is 42.0 Å². The van der Waals surface area contributed by atoms with E-state index in [1.54, 1.807) is 7.11 Å². The van der Waals surface area contributed by atoms with E-state index in [1.807, 2.05) is 12.1 Å². The van der Waals surface area contributed by atoms with Gasteiger partial charge in [-0.05, 0) is 48.6 Å². The highest BCUT2D eigenvalue weighted by Crippen LogP contribution is 2.28. The average Bonchev–Trinajstić information content (AvgIpc) is 2.59. The molecule has 2 aromatic carbocycles. The molecule has 0 spiro atoms. The summed E-state index contributed by atoms with van der Waals surface area (Å²) in [4.78, 5) is 11.0. The molecule has 0 aliphatic heterocycles. The summed E-state index contributed by atoms with van der Waals surface area (Å²) in [6.07, 6.45) is 3.38. The summed E-state index contributed by atoms with van der Waals surface area (Å²) in [5.41, 5.74) is 1.14. The van der Waals surface area contributed by atoms with Crippen LogP contribution in [-0.2, 0) is 11.3 Å². The van der Waals surface area contributed by atoms with Gasteiger partial charge in [-0.25, -0.2) is 0 Å². The normalized spacial score (nSPS) is 21.3. The highest BCUT2D eigenvalue weighted by Gasteiger charge is 2.25. The third-order valence-corrected chi connectivity index (χ3v) is 4.81. The van der Waals surface area contributed by atoms with Gasteiger partial charge in [0.05, 0.1) is 13.0 Å². The van der Waals surface area contributed by atoms with Crippen LogP contribution in [0, 0.1) is 5.92 Å². The van der Waals surface area contributed by atoms with E-state index in [2.05, 4.69) is 29.6 Å². The largest absolute Gasteiger partial charge is 0.496 e. The zero-order chi connectivity index (χ0) is 16.2. The lowest BCUT2D eigenvalue weighted by molar-refractivity contribution is -0.142. The van der Waals surface area contributed by atoms with Crippen molar-refractivity contribution in [2.24, 2.45) is 5.92 Å². The number of carboxylic acid groups (broad SMARTS) is 1. The van der Waals surface area contributed by atoms with Crippen LogP contribution in [-0.4, -0.2) is 24.2 Å². The van der Waals surface area contributed by atoms with Crippen molar-refractivity contribution in [3.63, 3.8) is 0 Å². The SMILES string of the molecule is COc1cc2ccccc2cc1CNC1CCC(C(=O)O)CC1. The lowest BCUT2D eigenvalue weighted by atomic mass is 9.86. The number of aliphatic carboxylic acids is 1. The van der Waals surface area contributed by atoms with E-state index < -0.39 is 5.97 Å². The fourth-order valence-corrected chi connectivity index (χ4v) is 3.39. The Bertz CT molecular complexity index is 690. The molecule has 2 aromatic rings. The molecule has 0 saturated heterocycles.